The molecule has 2 aliphatic heterocycles. The van der Waals surface area contributed by atoms with E-state index in [1.807, 2.05) is 12.3 Å². The largest absolute Gasteiger partial charge is 0.373 e. The maximum atomic E-state index is 6.23. The van der Waals surface area contributed by atoms with E-state index in [-0.39, 0.29) is 11.1 Å². The number of pyridine rings is 1. The fourth-order valence-corrected chi connectivity index (χ4v) is 3.74. The molecular formula is C18H29N3O. The van der Waals surface area contributed by atoms with Gasteiger partial charge in [0.15, 0.2) is 0 Å². The summed E-state index contributed by atoms with van der Waals surface area (Å²) in [6.07, 6.45) is 5.32. The van der Waals surface area contributed by atoms with Crippen molar-refractivity contribution in [3.63, 3.8) is 0 Å². The van der Waals surface area contributed by atoms with Gasteiger partial charge in [0.05, 0.1) is 17.9 Å². The first-order valence-corrected chi connectivity index (χ1v) is 8.48. The topological polar surface area (TPSA) is 37.4 Å². The molecule has 1 spiro atoms. The quantitative estimate of drug-likeness (QED) is 0.931. The van der Waals surface area contributed by atoms with Crippen LogP contribution in [0.15, 0.2) is 24.4 Å². The molecule has 1 aromatic heterocycles. The smallest absolute Gasteiger partial charge is 0.0723 e. The molecule has 22 heavy (non-hydrogen) atoms. The minimum absolute atomic E-state index is 0.115. The number of nitrogens with zero attached hydrogens (tertiary/aromatic N) is 2. The van der Waals surface area contributed by atoms with Crippen molar-refractivity contribution in [2.24, 2.45) is 0 Å². The van der Waals surface area contributed by atoms with Crippen molar-refractivity contribution in [2.45, 2.75) is 63.8 Å². The van der Waals surface area contributed by atoms with Crippen LogP contribution in [0.2, 0.25) is 0 Å². The van der Waals surface area contributed by atoms with Crippen LogP contribution in [0.3, 0.4) is 0 Å². The molecule has 2 saturated heterocycles. The van der Waals surface area contributed by atoms with Crippen LogP contribution in [0.5, 0.6) is 0 Å². The molecule has 3 heterocycles. The third kappa shape index (κ3) is 4.06. The summed E-state index contributed by atoms with van der Waals surface area (Å²) >= 11 is 0. The first-order chi connectivity index (χ1) is 10.4. The van der Waals surface area contributed by atoms with Gasteiger partial charge in [0.25, 0.3) is 0 Å². The molecule has 0 saturated carbocycles. The number of ether oxygens (including phenoxy) is 1. The predicted octanol–water partition coefficient (Wildman–Crippen LogP) is 2.59. The minimum Gasteiger partial charge on any atom is -0.373 e. The molecule has 4 heteroatoms. The van der Waals surface area contributed by atoms with Gasteiger partial charge < -0.3 is 10.1 Å². The van der Waals surface area contributed by atoms with Gasteiger partial charge in [-0.3, -0.25) is 9.88 Å². The lowest BCUT2D eigenvalue weighted by Crippen LogP contribution is -2.46. The van der Waals surface area contributed by atoms with Gasteiger partial charge in [0.1, 0.15) is 0 Å². The molecule has 0 bridgehead atoms. The van der Waals surface area contributed by atoms with Gasteiger partial charge in [-0.1, -0.05) is 6.07 Å². The van der Waals surface area contributed by atoms with E-state index in [0.717, 1.165) is 51.2 Å². The van der Waals surface area contributed by atoms with Gasteiger partial charge in [-0.15, -0.1) is 0 Å². The molecule has 3 rings (SSSR count). The van der Waals surface area contributed by atoms with Gasteiger partial charge in [-0.25, -0.2) is 0 Å². The Morgan fingerprint density at radius 3 is 2.73 bits per heavy atom. The maximum absolute atomic E-state index is 6.23. The van der Waals surface area contributed by atoms with Crippen LogP contribution in [0.1, 0.15) is 45.7 Å². The van der Waals surface area contributed by atoms with E-state index >= 15 is 0 Å². The monoisotopic (exact) mass is 303 g/mol. The summed E-state index contributed by atoms with van der Waals surface area (Å²) in [6.45, 7) is 10.7. The van der Waals surface area contributed by atoms with Crippen molar-refractivity contribution in [1.29, 1.82) is 0 Å². The van der Waals surface area contributed by atoms with Crippen molar-refractivity contribution in [3.8, 4) is 0 Å². The number of hydrogen-bond acceptors (Lipinski definition) is 4. The molecule has 1 unspecified atom stereocenters. The highest BCUT2D eigenvalue weighted by Gasteiger charge is 2.43. The lowest BCUT2D eigenvalue weighted by Gasteiger charge is -2.38. The lowest BCUT2D eigenvalue weighted by atomic mass is 9.87. The minimum atomic E-state index is 0.115. The Labute approximate surface area is 134 Å². The normalized spacial score (nSPS) is 25.7. The Morgan fingerprint density at radius 2 is 2.09 bits per heavy atom. The van der Waals surface area contributed by atoms with Gasteiger partial charge in [0, 0.05) is 37.4 Å². The average molecular weight is 303 g/mol. The van der Waals surface area contributed by atoms with Crippen LogP contribution in [-0.2, 0) is 11.3 Å². The SMILES string of the molecule is CC(C)(C)NC1COC2(CCN(Cc3ccccn3)CC2)C1. The number of hydrogen-bond donors (Lipinski definition) is 1. The summed E-state index contributed by atoms with van der Waals surface area (Å²) in [5, 5.41) is 3.69. The fraction of sp³-hybridized carbons (Fsp3) is 0.722. The van der Waals surface area contributed by atoms with Crippen molar-refractivity contribution >= 4 is 0 Å². The van der Waals surface area contributed by atoms with Gasteiger partial charge in [-0.2, -0.15) is 0 Å². The third-order valence-electron chi connectivity index (χ3n) is 4.73. The zero-order valence-electron chi connectivity index (χ0n) is 14.1. The van der Waals surface area contributed by atoms with Crippen molar-refractivity contribution in [1.82, 2.24) is 15.2 Å². The zero-order valence-corrected chi connectivity index (χ0v) is 14.1. The van der Waals surface area contributed by atoms with E-state index < -0.39 is 0 Å². The Bertz CT molecular complexity index is 475. The van der Waals surface area contributed by atoms with Crippen LogP contribution in [0.4, 0.5) is 0 Å². The predicted molar refractivity (Wildman–Crippen MR) is 88.7 cm³/mol. The highest BCUT2D eigenvalue weighted by molar-refractivity contribution is 5.04. The van der Waals surface area contributed by atoms with E-state index in [2.05, 4.69) is 48.1 Å². The highest BCUT2D eigenvalue weighted by Crippen LogP contribution is 2.36. The van der Waals surface area contributed by atoms with E-state index in [9.17, 15) is 0 Å². The highest BCUT2D eigenvalue weighted by atomic mass is 16.5. The van der Waals surface area contributed by atoms with Crippen LogP contribution >= 0.6 is 0 Å². The number of nitrogens with one attached hydrogen (secondary N) is 1. The number of rotatable bonds is 3. The summed E-state index contributed by atoms with van der Waals surface area (Å²) < 4.78 is 6.23. The molecule has 2 fully saturated rings. The van der Waals surface area contributed by atoms with Crippen molar-refractivity contribution in [2.75, 3.05) is 19.7 Å². The van der Waals surface area contributed by atoms with Crippen molar-refractivity contribution in [3.05, 3.63) is 30.1 Å². The van der Waals surface area contributed by atoms with Gasteiger partial charge in [-0.05, 0) is 52.2 Å². The summed E-state index contributed by atoms with van der Waals surface area (Å²) in [4.78, 5) is 6.93. The average Bonchev–Trinajstić information content (AvgIpc) is 2.84. The van der Waals surface area contributed by atoms with Gasteiger partial charge >= 0.3 is 0 Å². The second-order valence-corrected chi connectivity index (χ2v) is 7.89. The van der Waals surface area contributed by atoms with E-state index in [4.69, 9.17) is 4.74 Å². The van der Waals surface area contributed by atoms with Crippen LogP contribution in [0, 0.1) is 0 Å². The number of likely N-dealkylation sites (tertiary alicyclic amines) is 1. The molecule has 1 atom stereocenters. The fourth-order valence-electron chi connectivity index (χ4n) is 3.74. The molecule has 4 nitrogen and oxygen atoms in total. The van der Waals surface area contributed by atoms with Crippen LogP contribution in [-0.4, -0.2) is 46.8 Å². The van der Waals surface area contributed by atoms with Crippen LogP contribution in [0.25, 0.3) is 0 Å². The standard InChI is InChI=1S/C18H29N3O/c1-17(2,3)20-16-12-18(22-14-16)7-10-21(11-8-18)13-15-6-4-5-9-19-15/h4-6,9,16,20H,7-8,10-14H2,1-3H3. The molecule has 0 radical (unpaired) electrons. The zero-order chi connectivity index (χ0) is 15.6. The molecule has 122 valence electrons. The number of aromatic nitrogens is 1. The van der Waals surface area contributed by atoms with E-state index in [1.54, 1.807) is 0 Å². The van der Waals surface area contributed by atoms with Crippen molar-refractivity contribution < 1.29 is 4.74 Å². The van der Waals surface area contributed by atoms with Crippen LogP contribution < -0.4 is 5.32 Å². The first-order valence-electron chi connectivity index (χ1n) is 8.48. The molecule has 2 aliphatic rings. The van der Waals surface area contributed by atoms with E-state index in [1.165, 1.54) is 0 Å². The first kappa shape index (κ1) is 15.9. The molecular weight excluding hydrogens is 274 g/mol. The summed E-state index contributed by atoms with van der Waals surface area (Å²) in [6, 6.07) is 6.65. The molecule has 1 N–H and O–H groups in total. The second kappa shape index (κ2) is 6.26. The Hall–Kier alpha value is -0.970. The third-order valence-corrected chi connectivity index (χ3v) is 4.73. The lowest BCUT2D eigenvalue weighted by molar-refractivity contribution is -0.0451. The molecule has 0 aromatic carbocycles. The number of piperidine rings is 1. The summed E-state index contributed by atoms with van der Waals surface area (Å²) in [7, 11) is 0. The molecule has 0 aliphatic carbocycles. The Balaban J connectivity index is 1.50. The summed E-state index contributed by atoms with van der Waals surface area (Å²) in [5.41, 5.74) is 1.45. The Morgan fingerprint density at radius 1 is 1.32 bits per heavy atom. The molecule has 0 amide bonds. The Kier molecular flexibility index (Phi) is 4.53. The second-order valence-electron chi connectivity index (χ2n) is 7.89. The summed E-state index contributed by atoms with van der Waals surface area (Å²) in [5.74, 6) is 0. The molecule has 1 aromatic rings. The van der Waals surface area contributed by atoms with E-state index in [0.29, 0.717) is 6.04 Å². The maximum Gasteiger partial charge on any atom is 0.0723 e. The van der Waals surface area contributed by atoms with Gasteiger partial charge in [0.2, 0.25) is 0 Å².